The molecule has 4 rings (SSSR count). The van der Waals surface area contributed by atoms with Crippen LogP contribution in [0.4, 0.5) is 0 Å². The molecule has 3 aromatic rings. The predicted molar refractivity (Wildman–Crippen MR) is 84.5 cm³/mol. The van der Waals surface area contributed by atoms with Gasteiger partial charge in [0.25, 0.3) is 0 Å². The van der Waals surface area contributed by atoms with Crippen LogP contribution < -0.4 is 5.43 Å². The molecule has 1 aliphatic rings. The van der Waals surface area contributed by atoms with Crippen LogP contribution in [-0.4, -0.2) is 10.8 Å². The van der Waals surface area contributed by atoms with Gasteiger partial charge in [-0.15, -0.1) is 0 Å². The Balaban J connectivity index is 2.14. The average Bonchev–Trinajstić information content (AvgIpc) is 2.49. The van der Waals surface area contributed by atoms with Gasteiger partial charge in [-0.25, -0.2) is 4.98 Å². The third-order valence-corrected chi connectivity index (χ3v) is 4.48. The van der Waals surface area contributed by atoms with Crippen LogP contribution in [-0.2, 0) is 6.42 Å². The molecule has 1 aliphatic carbocycles. The number of hydrogen-bond donors (Lipinski definition) is 0. The Morgan fingerprint density at radius 3 is 2.59 bits per heavy atom. The molecule has 2 heterocycles. The van der Waals surface area contributed by atoms with Crippen molar-refractivity contribution in [1.29, 1.82) is 0 Å². The van der Waals surface area contributed by atoms with Gasteiger partial charge in [-0.2, -0.15) is 0 Å². The Labute approximate surface area is 126 Å². The van der Waals surface area contributed by atoms with E-state index in [-0.39, 0.29) is 11.2 Å². The molecular weight excluding hydrogens is 278 g/mol. The summed E-state index contributed by atoms with van der Waals surface area (Å²) in [5.41, 5.74) is 4.20. The highest BCUT2D eigenvalue weighted by Crippen LogP contribution is 2.25. The molecule has 0 fully saturated rings. The van der Waals surface area contributed by atoms with Gasteiger partial charge < -0.3 is 4.42 Å². The summed E-state index contributed by atoms with van der Waals surface area (Å²) in [6, 6.07) is 5.38. The van der Waals surface area contributed by atoms with E-state index in [1.807, 2.05) is 26.0 Å². The number of ketones is 1. The number of carbonyl (C=O) groups excluding carboxylic acids is 1. The molecule has 0 atom stereocenters. The third kappa shape index (κ3) is 1.80. The predicted octanol–water partition coefficient (Wildman–Crippen LogP) is 3.48. The maximum absolute atomic E-state index is 12.7. The standard InChI is InChI=1S/C18H15NO3/c1-9-6-12-16(7-10(9)2)22-18-13(17(12)21)8-11-14(19-18)4-3-5-15(11)20/h6-8H,3-5H2,1-2H3. The maximum Gasteiger partial charge on any atom is 0.230 e. The molecule has 110 valence electrons. The SMILES string of the molecule is Cc1cc2oc3nc4c(cc3c(=O)c2cc1C)C(=O)CCC4. The second-order valence-corrected chi connectivity index (χ2v) is 5.98. The molecular formula is C18H15NO3. The van der Waals surface area contributed by atoms with E-state index in [1.54, 1.807) is 6.07 Å². The molecule has 0 aliphatic heterocycles. The summed E-state index contributed by atoms with van der Waals surface area (Å²) in [6.45, 7) is 3.95. The van der Waals surface area contributed by atoms with Crippen LogP contribution in [0.15, 0.2) is 27.4 Å². The van der Waals surface area contributed by atoms with Crippen molar-refractivity contribution in [2.45, 2.75) is 33.1 Å². The van der Waals surface area contributed by atoms with Gasteiger partial charge in [-0.1, -0.05) is 0 Å². The van der Waals surface area contributed by atoms with Crippen molar-refractivity contribution in [2.24, 2.45) is 0 Å². The topological polar surface area (TPSA) is 60.2 Å². The molecule has 0 amide bonds. The van der Waals surface area contributed by atoms with Crippen LogP contribution in [0.1, 0.15) is 40.0 Å². The first-order chi connectivity index (χ1) is 10.5. The van der Waals surface area contributed by atoms with Gasteiger partial charge >= 0.3 is 0 Å². The van der Waals surface area contributed by atoms with E-state index in [0.717, 1.165) is 29.7 Å². The lowest BCUT2D eigenvalue weighted by atomic mass is 9.94. The Morgan fingerprint density at radius 2 is 1.77 bits per heavy atom. The smallest absolute Gasteiger partial charge is 0.230 e. The number of hydrogen-bond acceptors (Lipinski definition) is 4. The summed E-state index contributed by atoms with van der Waals surface area (Å²) in [7, 11) is 0. The number of aromatic nitrogens is 1. The van der Waals surface area contributed by atoms with Crippen molar-refractivity contribution in [3.05, 3.63) is 50.8 Å². The lowest BCUT2D eigenvalue weighted by Crippen LogP contribution is -2.14. The van der Waals surface area contributed by atoms with Gasteiger partial charge in [0, 0.05) is 12.0 Å². The monoisotopic (exact) mass is 293 g/mol. The molecule has 0 N–H and O–H groups in total. The fourth-order valence-corrected chi connectivity index (χ4v) is 3.06. The van der Waals surface area contributed by atoms with Gasteiger partial charge in [0.1, 0.15) is 5.58 Å². The van der Waals surface area contributed by atoms with Crippen LogP contribution in [0.25, 0.3) is 22.1 Å². The first-order valence-electron chi connectivity index (χ1n) is 7.45. The molecule has 0 unspecified atom stereocenters. The van der Waals surface area contributed by atoms with Gasteiger partial charge in [-0.05, 0) is 56.0 Å². The third-order valence-electron chi connectivity index (χ3n) is 4.48. The summed E-state index contributed by atoms with van der Waals surface area (Å²) in [5, 5.41) is 0.936. The number of fused-ring (bicyclic) bond motifs is 3. The number of carbonyl (C=O) groups is 1. The van der Waals surface area contributed by atoms with Gasteiger partial charge in [0.05, 0.1) is 16.5 Å². The summed E-state index contributed by atoms with van der Waals surface area (Å²) in [4.78, 5) is 29.2. The Morgan fingerprint density at radius 1 is 1.00 bits per heavy atom. The molecule has 2 aromatic heterocycles. The lowest BCUT2D eigenvalue weighted by Gasteiger charge is -2.14. The second-order valence-electron chi connectivity index (χ2n) is 5.98. The first kappa shape index (κ1) is 13.2. The van der Waals surface area contributed by atoms with E-state index < -0.39 is 0 Å². The van der Waals surface area contributed by atoms with Crippen LogP contribution in [0.3, 0.4) is 0 Å². The highest BCUT2D eigenvalue weighted by molar-refractivity contribution is 6.01. The Kier molecular flexibility index (Phi) is 2.70. The van der Waals surface area contributed by atoms with Crippen LogP contribution in [0.2, 0.25) is 0 Å². The van der Waals surface area contributed by atoms with E-state index >= 15 is 0 Å². The van der Waals surface area contributed by atoms with Crippen molar-refractivity contribution in [2.75, 3.05) is 0 Å². The van der Waals surface area contributed by atoms with Crippen LogP contribution >= 0.6 is 0 Å². The van der Waals surface area contributed by atoms with Crippen molar-refractivity contribution in [1.82, 2.24) is 4.98 Å². The molecule has 4 heteroatoms. The van der Waals surface area contributed by atoms with Crippen molar-refractivity contribution >= 4 is 27.9 Å². The fraction of sp³-hybridized carbons (Fsp3) is 0.278. The highest BCUT2D eigenvalue weighted by atomic mass is 16.3. The molecule has 22 heavy (non-hydrogen) atoms. The fourth-order valence-electron chi connectivity index (χ4n) is 3.06. The maximum atomic E-state index is 12.7. The van der Waals surface area contributed by atoms with Gasteiger partial charge in [-0.3, -0.25) is 9.59 Å². The Hall–Kier alpha value is -2.49. The van der Waals surface area contributed by atoms with E-state index in [9.17, 15) is 9.59 Å². The summed E-state index contributed by atoms with van der Waals surface area (Å²) in [5.74, 6) is 0.0650. The number of pyridine rings is 1. The minimum absolute atomic E-state index is 0.0650. The minimum Gasteiger partial charge on any atom is -0.437 e. The zero-order valence-corrected chi connectivity index (χ0v) is 12.5. The van der Waals surface area contributed by atoms with Crippen LogP contribution in [0, 0.1) is 13.8 Å². The molecule has 4 nitrogen and oxygen atoms in total. The van der Waals surface area contributed by atoms with E-state index in [0.29, 0.717) is 34.1 Å². The quantitative estimate of drug-likeness (QED) is 0.595. The van der Waals surface area contributed by atoms with E-state index in [4.69, 9.17) is 4.42 Å². The number of Topliss-reactive ketones (excluding diaryl/α,β-unsaturated/α-hetero) is 1. The Bertz CT molecular complexity index is 1010. The summed E-state index contributed by atoms with van der Waals surface area (Å²) in [6.07, 6.45) is 2.09. The summed E-state index contributed by atoms with van der Waals surface area (Å²) >= 11 is 0. The van der Waals surface area contributed by atoms with Crippen molar-refractivity contribution in [3.63, 3.8) is 0 Å². The summed E-state index contributed by atoms with van der Waals surface area (Å²) < 4.78 is 5.84. The van der Waals surface area contributed by atoms with Crippen molar-refractivity contribution < 1.29 is 9.21 Å². The largest absolute Gasteiger partial charge is 0.437 e. The molecule has 1 aromatic carbocycles. The van der Waals surface area contributed by atoms with Gasteiger partial charge in [0.2, 0.25) is 11.1 Å². The van der Waals surface area contributed by atoms with Gasteiger partial charge in [0.15, 0.2) is 5.78 Å². The number of nitrogens with zero attached hydrogens (tertiary/aromatic N) is 1. The number of aryl methyl sites for hydroxylation is 3. The normalized spacial score (nSPS) is 14.5. The zero-order valence-electron chi connectivity index (χ0n) is 12.5. The first-order valence-corrected chi connectivity index (χ1v) is 7.45. The van der Waals surface area contributed by atoms with E-state index in [1.165, 1.54) is 0 Å². The molecule has 0 spiro atoms. The zero-order chi connectivity index (χ0) is 15.4. The van der Waals surface area contributed by atoms with Crippen molar-refractivity contribution in [3.8, 4) is 0 Å². The second kappa shape index (κ2) is 4.50. The molecule has 0 bridgehead atoms. The molecule has 0 saturated heterocycles. The average molecular weight is 293 g/mol. The van der Waals surface area contributed by atoms with E-state index in [2.05, 4.69) is 4.98 Å². The number of rotatable bonds is 0. The minimum atomic E-state index is -0.118. The lowest BCUT2D eigenvalue weighted by molar-refractivity contribution is 0.0972. The van der Waals surface area contributed by atoms with Crippen LogP contribution in [0.5, 0.6) is 0 Å². The molecule has 0 radical (unpaired) electrons. The highest BCUT2D eigenvalue weighted by Gasteiger charge is 2.21. The molecule has 0 saturated carbocycles. The number of benzene rings is 1.